The number of nitrogens with zero attached hydrogens (tertiary/aromatic N) is 2. The van der Waals surface area contributed by atoms with Crippen molar-refractivity contribution in [1.29, 1.82) is 0 Å². The predicted molar refractivity (Wildman–Crippen MR) is 90.3 cm³/mol. The van der Waals surface area contributed by atoms with Crippen LogP contribution in [0.15, 0.2) is 65.7 Å². The summed E-state index contributed by atoms with van der Waals surface area (Å²) in [7, 11) is 0. The molecule has 3 rings (SSSR count). The van der Waals surface area contributed by atoms with Crippen LogP contribution in [0.5, 0.6) is 0 Å². The lowest BCUT2D eigenvalue weighted by atomic mass is 10.1. The van der Waals surface area contributed by atoms with Crippen molar-refractivity contribution in [3.05, 3.63) is 66.5 Å². The molecule has 0 spiro atoms. The maximum Gasteiger partial charge on any atom is 0.120 e. The van der Waals surface area contributed by atoms with Gasteiger partial charge in [-0.1, -0.05) is 62.4 Å². The molecule has 3 heteroatoms. The summed E-state index contributed by atoms with van der Waals surface area (Å²) in [5.74, 6) is 1.36. The topological polar surface area (TPSA) is 17.8 Å². The Morgan fingerprint density at radius 2 is 1.48 bits per heavy atom. The van der Waals surface area contributed by atoms with E-state index in [0.29, 0.717) is 5.92 Å². The molecule has 0 aliphatic heterocycles. The summed E-state index contributed by atoms with van der Waals surface area (Å²) in [6.07, 6.45) is 0. The monoisotopic (exact) mass is 294 g/mol. The minimum Gasteiger partial charge on any atom is -0.295 e. The van der Waals surface area contributed by atoms with Gasteiger partial charge in [0.15, 0.2) is 0 Å². The number of benzene rings is 2. The Kier molecular flexibility index (Phi) is 3.84. The number of imidazole rings is 1. The van der Waals surface area contributed by atoms with Crippen molar-refractivity contribution in [3.8, 4) is 16.9 Å². The SMILES string of the molecule is CC(C)c1nc(S)c(-c2ccccc2)n1-c1ccccc1. The second kappa shape index (κ2) is 5.78. The number of thiol groups is 1. The second-order valence-corrected chi connectivity index (χ2v) is 5.76. The molecule has 0 fully saturated rings. The van der Waals surface area contributed by atoms with E-state index < -0.39 is 0 Å². The molecule has 2 aromatic carbocycles. The Bertz CT molecular complexity index is 731. The third-order valence-corrected chi connectivity index (χ3v) is 3.77. The van der Waals surface area contributed by atoms with Gasteiger partial charge in [-0.3, -0.25) is 4.57 Å². The van der Waals surface area contributed by atoms with E-state index in [9.17, 15) is 0 Å². The zero-order chi connectivity index (χ0) is 14.8. The first-order valence-corrected chi connectivity index (χ1v) is 7.55. The lowest BCUT2D eigenvalue weighted by molar-refractivity contribution is 0.750. The van der Waals surface area contributed by atoms with Crippen molar-refractivity contribution < 1.29 is 0 Å². The maximum atomic E-state index is 4.69. The lowest BCUT2D eigenvalue weighted by Crippen LogP contribution is -2.04. The normalized spacial score (nSPS) is 11.0. The molecule has 0 N–H and O–H groups in total. The van der Waals surface area contributed by atoms with Gasteiger partial charge in [0.2, 0.25) is 0 Å². The molecule has 21 heavy (non-hydrogen) atoms. The van der Waals surface area contributed by atoms with Crippen LogP contribution in [-0.4, -0.2) is 9.55 Å². The summed E-state index contributed by atoms with van der Waals surface area (Å²) < 4.78 is 2.21. The van der Waals surface area contributed by atoms with Crippen LogP contribution in [0.2, 0.25) is 0 Å². The van der Waals surface area contributed by atoms with Gasteiger partial charge < -0.3 is 0 Å². The van der Waals surface area contributed by atoms with Crippen molar-refractivity contribution in [2.24, 2.45) is 0 Å². The van der Waals surface area contributed by atoms with Crippen LogP contribution in [0.25, 0.3) is 16.9 Å². The Hall–Kier alpha value is -2.00. The molecule has 3 aromatic rings. The summed E-state index contributed by atoms with van der Waals surface area (Å²) in [5, 5.41) is 0.772. The van der Waals surface area contributed by atoms with E-state index in [1.807, 2.05) is 36.4 Å². The Morgan fingerprint density at radius 1 is 0.905 bits per heavy atom. The summed E-state index contributed by atoms with van der Waals surface area (Å²) in [6.45, 7) is 4.31. The molecule has 0 aliphatic rings. The fourth-order valence-electron chi connectivity index (χ4n) is 2.51. The van der Waals surface area contributed by atoms with Gasteiger partial charge in [-0.15, -0.1) is 12.6 Å². The molecule has 0 aliphatic carbocycles. The number of hydrogen-bond donors (Lipinski definition) is 1. The summed E-state index contributed by atoms with van der Waals surface area (Å²) >= 11 is 4.61. The molecule has 0 saturated carbocycles. The van der Waals surface area contributed by atoms with E-state index in [-0.39, 0.29) is 0 Å². The fourth-order valence-corrected chi connectivity index (χ4v) is 2.84. The van der Waals surface area contributed by atoms with Gasteiger partial charge in [0.05, 0.1) is 5.69 Å². The highest BCUT2D eigenvalue weighted by atomic mass is 32.1. The highest BCUT2D eigenvalue weighted by molar-refractivity contribution is 7.80. The van der Waals surface area contributed by atoms with Gasteiger partial charge in [-0.25, -0.2) is 4.98 Å². The summed E-state index contributed by atoms with van der Waals surface area (Å²) in [5.41, 5.74) is 3.30. The van der Waals surface area contributed by atoms with Crippen molar-refractivity contribution in [2.75, 3.05) is 0 Å². The zero-order valence-corrected chi connectivity index (χ0v) is 13.1. The molecule has 106 valence electrons. The van der Waals surface area contributed by atoms with Gasteiger partial charge in [-0.05, 0) is 12.1 Å². The van der Waals surface area contributed by atoms with E-state index >= 15 is 0 Å². The smallest absolute Gasteiger partial charge is 0.120 e. The van der Waals surface area contributed by atoms with Gasteiger partial charge in [0, 0.05) is 17.2 Å². The highest BCUT2D eigenvalue weighted by Gasteiger charge is 2.19. The molecule has 0 amide bonds. The van der Waals surface area contributed by atoms with Crippen LogP contribution in [-0.2, 0) is 0 Å². The van der Waals surface area contributed by atoms with Crippen molar-refractivity contribution in [1.82, 2.24) is 9.55 Å². The average Bonchev–Trinajstić information content (AvgIpc) is 2.87. The highest BCUT2D eigenvalue weighted by Crippen LogP contribution is 2.33. The van der Waals surface area contributed by atoms with E-state index in [0.717, 1.165) is 27.8 Å². The fraction of sp³-hybridized carbons (Fsp3) is 0.167. The molecule has 1 heterocycles. The second-order valence-electron chi connectivity index (χ2n) is 5.33. The van der Waals surface area contributed by atoms with Gasteiger partial charge >= 0.3 is 0 Å². The van der Waals surface area contributed by atoms with E-state index in [2.05, 4.69) is 55.3 Å². The van der Waals surface area contributed by atoms with E-state index in [1.54, 1.807) is 0 Å². The van der Waals surface area contributed by atoms with Crippen molar-refractivity contribution in [3.63, 3.8) is 0 Å². The molecular weight excluding hydrogens is 276 g/mol. The van der Waals surface area contributed by atoms with Crippen LogP contribution < -0.4 is 0 Å². The zero-order valence-electron chi connectivity index (χ0n) is 12.2. The minimum atomic E-state index is 0.327. The van der Waals surface area contributed by atoms with Crippen molar-refractivity contribution >= 4 is 12.6 Å². The number of rotatable bonds is 3. The third kappa shape index (κ3) is 2.61. The number of para-hydroxylation sites is 1. The first-order chi connectivity index (χ1) is 10.2. The van der Waals surface area contributed by atoms with Crippen LogP contribution in [0.1, 0.15) is 25.6 Å². The first-order valence-electron chi connectivity index (χ1n) is 7.11. The van der Waals surface area contributed by atoms with Crippen molar-refractivity contribution in [2.45, 2.75) is 24.8 Å². The standard InChI is InChI=1S/C18H18N2S/c1-13(2)17-19-18(21)16(14-9-5-3-6-10-14)20(17)15-11-7-4-8-12-15/h3-13,21H,1-2H3. The van der Waals surface area contributed by atoms with E-state index in [4.69, 9.17) is 4.98 Å². The van der Waals surface area contributed by atoms with Crippen LogP contribution in [0.3, 0.4) is 0 Å². The largest absolute Gasteiger partial charge is 0.295 e. The van der Waals surface area contributed by atoms with E-state index in [1.165, 1.54) is 0 Å². The molecule has 1 aromatic heterocycles. The molecule has 0 unspecified atom stereocenters. The Balaban J connectivity index is 2.30. The van der Waals surface area contributed by atoms with Crippen LogP contribution >= 0.6 is 12.6 Å². The quantitative estimate of drug-likeness (QED) is 0.677. The van der Waals surface area contributed by atoms with Crippen LogP contribution in [0.4, 0.5) is 0 Å². The molecule has 2 nitrogen and oxygen atoms in total. The average molecular weight is 294 g/mol. The molecule has 0 radical (unpaired) electrons. The van der Waals surface area contributed by atoms with Gasteiger partial charge in [0.25, 0.3) is 0 Å². The number of aromatic nitrogens is 2. The Morgan fingerprint density at radius 3 is 2.05 bits per heavy atom. The van der Waals surface area contributed by atoms with Gasteiger partial charge in [-0.2, -0.15) is 0 Å². The number of hydrogen-bond acceptors (Lipinski definition) is 2. The summed E-state index contributed by atoms with van der Waals surface area (Å²) in [6, 6.07) is 20.6. The molecule has 0 saturated heterocycles. The molecule has 0 atom stereocenters. The summed E-state index contributed by atoms with van der Waals surface area (Å²) in [4.78, 5) is 4.69. The van der Waals surface area contributed by atoms with Crippen LogP contribution in [0, 0.1) is 0 Å². The lowest BCUT2D eigenvalue weighted by Gasteiger charge is -2.14. The molecular formula is C18H18N2S. The first kappa shape index (κ1) is 14.0. The van der Waals surface area contributed by atoms with Gasteiger partial charge in [0.1, 0.15) is 10.9 Å². The maximum absolute atomic E-state index is 4.69. The third-order valence-electron chi connectivity index (χ3n) is 3.46. The molecule has 0 bridgehead atoms. The Labute approximate surface area is 130 Å². The predicted octanol–water partition coefficient (Wildman–Crippen LogP) is 4.95. The minimum absolute atomic E-state index is 0.327.